The van der Waals surface area contributed by atoms with Crippen molar-refractivity contribution in [2.45, 2.75) is 27.2 Å². The molecule has 1 aromatic carbocycles. The zero-order valence-corrected chi connectivity index (χ0v) is 9.70. The van der Waals surface area contributed by atoms with Gasteiger partial charge in [-0.15, -0.1) is 0 Å². The summed E-state index contributed by atoms with van der Waals surface area (Å²) in [6.45, 7) is 6.23. The summed E-state index contributed by atoms with van der Waals surface area (Å²) in [7, 11) is 1.70. The average Bonchev–Trinajstić information content (AvgIpc) is 2.46. The highest BCUT2D eigenvalue weighted by molar-refractivity contribution is 5.73. The van der Waals surface area contributed by atoms with Gasteiger partial charge in [-0.2, -0.15) is 0 Å². The van der Waals surface area contributed by atoms with E-state index in [1.54, 1.807) is 7.05 Å². The molecule has 0 spiro atoms. The number of hydrogen-bond acceptors (Lipinski definition) is 2. The minimum Gasteiger partial charge on any atom is -0.408 e. The molecule has 1 heterocycles. The SMILES string of the molecule is CCC.Cc1ccc2oc(=O)n(C)c2c1. The Morgan fingerprint density at radius 2 is 1.93 bits per heavy atom. The van der Waals surface area contributed by atoms with Crippen molar-refractivity contribution < 1.29 is 4.42 Å². The van der Waals surface area contributed by atoms with Crippen LogP contribution in [0.5, 0.6) is 0 Å². The molecule has 82 valence electrons. The third-order valence-electron chi connectivity index (χ3n) is 1.95. The molecule has 2 aromatic rings. The van der Waals surface area contributed by atoms with E-state index in [0.29, 0.717) is 5.58 Å². The number of aryl methyl sites for hydroxylation is 2. The topological polar surface area (TPSA) is 35.1 Å². The maximum Gasteiger partial charge on any atom is 0.419 e. The van der Waals surface area contributed by atoms with E-state index < -0.39 is 0 Å². The third-order valence-corrected chi connectivity index (χ3v) is 1.95. The van der Waals surface area contributed by atoms with Gasteiger partial charge in [-0.1, -0.05) is 26.3 Å². The monoisotopic (exact) mass is 207 g/mol. The molecule has 2 rings (SSSR count). The van der Waals surface area contributed by atoms with Gasteiger partial charge in [0.05, 0.1) is 5.52 Å². The minimum atomic E-state index is -0.310. The molecule has 0 aliphatic carbocycles. The molecule has 0 N–H and O–H groups in total. The van der Waals surface area contributed by atoms with E-state index >= 15 is 0 Å². The van der Waals surface area contributed by atoms with Crippen LogP contribution < -0.4 is 5.76 Å². The van der Waals surface area contributed by atoms with Gasteiger partial charge in [0, 0.05) is 7.05 Å². The Bertz CT molecular complexity index is 494. The average molecular weight is 207 g/mol. The smallest absolute Gasteiger partial charge is 0.408 e. The standard InChI is InChI=1S/C9H9NO2.C3H8/c1-6-3-4-8-7(5-6)10(2)9(11)12-8;1-3-2/h3-5H,1-2H3;3H2,1-2H3. The normalized spacial score (nSPS) is 9.87. The molecule has 0 saturated heterocycles. The lowest BCUT2D eigenvalue weighted by molar-refractivity contribution is 0.528. The fraction of sp³-hybridized carbons (Fsp3) is 0.417. The number of benzene rings is 1. The zero-order chi connectivity index (χ0) is 11.4. The van der Waals surface area contributed by atoms with Gasteiger partial charge in [-0.3, -0.25) is 4.57 Å². The summed E-state index contributed by atoms with van der Waals surface area (Å²) in [4.78, 5) is 11.0. The van der Waals surface area contributed by atoms with E-state index in [0.717, 1.165) is 11.1 Å². The zero-order valence-electron chi connectivity index (χ0n) is 9.70. The molecule has 0 aliphatic rings. The second-order valence-electron chi connectivity index (χ2n) is 3.61. The van der Waals surface area contributed by atoms with Crippen LogP contribution >= 0.6 is 0 Å². The molecule has 0 saturated carbocycles. The van der Waals surface area contributed by atoms with Crippen LogP contribution in [0, 0.1) is 6.92 Å². The van der Waals surface area contributed by atoms with Crippen molar-refractivity contribution in [3.05, 3.63) is 34.3 Å². The maximum absolute atomic E-state index is 11.0. The van der Waals surface area contributed by atoms with Crippen molar-refractivity contribution in [3.8, 4) is 0 Å². The molecule has 0 amide bonds. The molecule has 1 aromatic heterocycles. The van der Waals surface area contributed by atoms with Crippen molar-refractivity contribution in [1.29, 1.82) is 0 Å². The second kappa shape index (κ2) is 4.82. The third kappa shape index (κ3) is 2.49. The van der Waals surface area contributed by atoms with Crippen molar-refractivity contribution in [3.63, 3.8) is 0 Å². The first kappa shape index (κ1) is 11.6. The van der Waals surface area contributed by atoms with Crippen LogP contribution in [-0.2, 0) is 7.05 Å². The molecule has 0 aliphatic heterocycles. The van der Waals surface area contributed by atoms with E-state index in [-0.39, 0.29) is 5.76 Å². The Morgan fingerprint density at radius 3 is 2.53 bits per heavy atom. The van der Waals surface area contributed by atoms with Gasteiger partial charge in [0.2, 0.25) is 0 Å². The minimum absolute atomic E-state index is 0.310. The van der Waals surface area contributed by atoms with Gasteiger partial charge in [0.1, 0.15) is 0 Å². The lowest BCUT2D eigenvalue weighted by Crippen LogP contribution is -2.08. The van der Waals surface area contributed by atoms with Crippen LogP contribution in [0.15, 0.2) is 27.4 Å². The Balaban J connectivity index is 0.000000337. The van der Waals surface area contributed by atoms with Gasteiger partial charge in [-0.05, 0) is 24.6 Å². The van der Waals surface area contributed by atoms with Gasteiger partial charge < -0.3 is 4.42 Å². The van der Waals surface area contributed by atoms with Gasteiger partial charge in [0.15, 0.2) is 5.58 Å². The fourth-order valence-electron chi connectivity index (χ4n) is 1.24. The summed E-state index contributed by atoms with van der Waals surface area (Å²) in [5.41, 5.74) is 2.62. The first-order valence-electron chi connectivity index (χ1n) is 5.16. The molecule has 0 unspecified atom stereocenters. The summed E-state index contributed by atoms with van der Waals surface area (Å²) in [6.07, 6.45) is 1.25. The van der Waals surface area contributed by atoms with Crippen LogP contribution in [-0.4, -0.2) is 4.57 Å². The lowest BCUT2D eigenvalue weighted by atomic mass is 10.2. The molecule has 0 atom stereocenters. The Hall–Kier alpha value is -1.51. The second-order valence-corrected chi connectivity index (χ2v) is 3.61. The molecular formula is C12H17NO2. The van der Waals surface area contributed by atoms with Crippen LogP contribution in [0.4, 0.5) is 0 Å². The van der Waals surface area contributed by atoms with E-state index in [4.69, 9.17) is 4.42 Å². The largest absolute Gasteiger partial charge is 0.419 e. The Kier molecular flexibility index (Phi) is 3.72. The lowest BCUT2D eigenvalue weighted by Gasteiger charge is -1.92. The fourth-order valence-corrected chi connectivity index (χ4v) is 1.24. The van der Waals surface area contributed by atoms with Crippen LogP contribution in [0.1, 0.15) is 25.8 Å². The Labute approximate surface area is 89.3 Å². The van der Waals surface area contributed by atoms with Gasteiger partial charge in [0.25, 0.3) is 0 Å². The number of nitrogens with zero attached hydrogens (tertiary/aromatic N) is 1. The number of hydrogen-bond donors (Lipinski definition) is 0. The van der Waals surface area contributed by atoms with Crippen LogP contribution in [0.2, 0.25) is 0 Å². The van der Waals surface area contributed by atoms with Crippen molar-refractivity contribution in [1.82, 2.24) is 4.57 Å². The molecule has 0 radical (unpaired) electrons. The highest BCUT2D eigenvalue weighted by Gasteiger charge is 2.03. The summed E-state index contributed by atoms with van der Waals surface area (Å²) < 4.78 is 6.46. The summed E-state index contributed by atoms with van der Waals surface area (Å²) in [5.74, 6) is -0.310. The first-order chi connectivity index (χ1) is 7.10. The molecule has 3 nitrogen and oxygen atoms in total. The molecule has 15 heavy (non-hydrogen) atoms. The molecular weight excluding hydrogens is 190 g/mol. The highest BCUT2D eigenvalue weighted by Crippen LogP contribution is 2.12. The molecule has 3 heteroatoms. The van der Waals surface area contributed by atoms with Crippen LogP contribution in [0.25, 0.3) is 11.1 Å². The summed E-state index contributed by atoms with van der Waals surface area (Å²) >= 11 is 0. The van der Waals surface area contributed by atoms with E-state index in [1.165, 1.54) is 11.0 Å². The number of oxazole rings is 1. The summed E-state index contributed by atoms with van der Waals surface area (Å²) in [5, 5.41) is 0. The van der Waals surface area contributed by atoms with E-state index in [2.05, 4.69) is 13.8 Å². The Morgan fingerprint density at radius 1 is 1.33 bits per heavy atom. The predicted octanol–water partition coefficient (Wildman–Crippen LogP) is 2.86. The highest BCUT2D eigenvalue weighted by atomic mass is 16.4. The maximum atomic E-state index is 11.0. The van der Waals surface area contributed by atoms with E-state index in [9.17, 15) is 4.79 Å². The molecule has 0 bridgehead atoms. The first-order valence-corrected chi connectivity index (χ1v) is 5.16. The molecule has 0 fully saturated rings. The van der Waals surface area contributed by atoms with Gasteiger partial charge in [-0.25, -0.2) is 4.79 Å². The van der Waals surface area contributed by atoms with Gasteiger partial charge >= 0.3 is 5.76 Å². The van der Waals surface area contributed by atoms with Crippen molar-refractivity contribution >= 4 is 11.1 Å². The summed E-state index contributed by atoms with van der Waals surface area (Å²) in [6, 6.07) is 5.66. The van der Waals surface area contributed by atoms with Crippen molar-refractivity contribution in [2.24, 2.45) is 7.05 Å². The number of fused-ring (bicyclic) bond motifs is 1. The van der Waals surface area contributed by atoms with Crippen LogP contribution in [0.3, 0.4) is 0 Å². The number of rotatable bonds is 0. The number of aromatic nitrogens is 1. The van der Waals surface area contributed by atoms with E-state index in [1.807, 2.05) is 25.1 Å². The van der Waals surface area contributed by atoms with Crippen molar-refractivity contribution in [2.75, 3.05) is 0 Å². The quantitative estimate of drug-likeness (QED) is 0.665. The predicted molar refractivity (Wildman–Crippen MR) is 62.2 cm³/mol.